The van der Waals surface area contributed by atoms with E-state index < -0.39 is 11.9 Å². The summed E-state index contributed by atoms with van der Waals surface area (Å²) in [6, 6.07) is 22.0. The van der Waals surface area contributed by atoms with Crippen molar-refractivity contribution in [2.24, 2.45) is 0 Å². The summed E-state index contributed by atoms with van der Waals surface area (Å²) in [7, 11) is 0. The zero-order valence-electron chi connectivity index (χ0n) is 16.6. The lowest BCUT2D eigenvalue weighted by Gasteiger charge is -1.95. The fourth-order valence-corrected chi connectivity index (χ4v) is 2.25. The summed E-state index contributed by atoms with van der Waals surface area (Å²) in [5, 5.41) is 17.0. The van der Waals surface area contributed by atoms with E-state index >= 15 is 0 Å². The standard InChI is InChI=1S/C8H6O4.2C8H10/c9-7(10)5-2-1-3-6(4-5)8(11)12;1-7-4-3-5-8(2)6-7;1-7-5-3-4-6-8(7)2/h1-4H,(H,9,10)(H,11,12);2*3-6H,1-2H3. The lowest BCUT2D eigenvalue weighted by molar-refractivity contribution is 0.0696. The molecule has 2 N–H and O–H groups in total. The predicted octanol–water partition coefficient (Wildman–Crippen LogP) is 5.69. The molecular weight excluding hydrogens is 352 g/mol. The summed E-state index contributed by atoms with van der Waals surface area (Å²) < 4.78 is 0. The molecule has 0 spiro atoms. The van der Waals surface area contributed by atoms with Crippen molar-refractivity contribution in [3.63, 3.8) is 0 Å². The van der Waals surface area contributed by atoms with Gasteiger partial charge in [-0.25, -0.2) is 9.59 Å². The third-order valence-electron chi connectivity index (χ3n) is 3.96. The summed E-state index contributed by atoms with van der Waals surface area (Å²) in [6.07, 6.45) is 0. The Bertz CT molecular complexity index is 862. The van der Waals surface area contributed by atoms with Gasteiger partial charge in [0.25, 0.3) is 0 Å². The smallest absolute Gasteiger partial charge is 0.335 e. The van der Waals surface area contributed by atoms with Crippen LogP contribution < -0.4 is 0 Å². The third kappa shape index (κ3) is 8.32. The maximum Gasteiger partial charge on any atom is 0.335 e. The number of hydrogen-bond acceptors (Lipinski definition) is 2. The van der Waals surface area contributed by atoms with Crippen molar-refractivity contribution in [1.29, 1.82) is 0 Å². The van der Waals surface area contributed by atoms with E-state index in [4.69, 9.17) is 10.2 Å². The van der Waals surface area contributed by atoms with Gasteiger partial charge in [0.05, 0.1) is 11.1 Å². The first-order valence-corrected chi connectivity index (χ1v) is 8.83. The maximum absolute atomic E-state index is 10.4. The van der Waals surface area contributed by atoms with E-state index in [-0.39, 0.29) is 11.1 Å². The Morgan fingerprint density at radius 1 is 0.571 bits per heavy atom. The highest BCUT2D eigenvalue weighted by atomic mass is 16.4. The lowest BCUT2D eigenvalue weighted by Crippen LogP contribution is -2.01. The van der Waals surface area contributed by atoms with Gasteiger partial charge in [0.1, 0.15) is 0 Å². The largest absolute Gasteiger partial charge is 0.478 e. The van der Waals surface area contributed by atoms with Gasteiger partial charge in [0, 0.05) is 0 Å². The van der Waals surface area contributed by atoms with Crippen molar-refractivity contribution in [2.75, 3.05) is 0 Å². The zero-order chi connectivity index (χ0) is 21.1. The molecule has 0 atom stereocenters. The fraction of sp³-hybridized carbons (Fsp3) is 0.167. The molecule has 4 nitrogen and oxygen atoms in total. The van der Waals surface area contributed by atoms with Crippen LogP contribution in [0.1, 0.15) is 43.0 Å². The van der Waals surface area contributed by atoms with E-state index in [1.807, 2.05) is 0 Å². The Balaban J connectivity index is 0.000000217. The highest BCUT2D eigenvalue weighted by Gasteiger charge is 2.06. The molecule has 3 aromatic rings. The van der Waals surface area contributed by atoms with E-state index in [1.54, 1.807) is 0 Å². The van der Waals surface area contributed by atoms with Crippen molar-refractivity contribution in [3.05, 3.63) is 106 Å². The van der Waals surface area contributed by atoms with Gasteiger partial charge in [0.15, 0.2) is 0 Å². The first kappa shape index (κ1) is 22.6. The molecule has 146 valence electrons. The molecule has 0 saturated carbocycles. The van der Waals surface area contributed by atoms with Crippen LogP contribution >= 0.6 is 0 Å². The Morgan fingerprint density at radius 3 is 1.25 bits per heavy atom. The van der Waals surface area contributed by atoms with Crippen LogP contribution in [0.5, 0.6) is 0 Å². The van der Waals surface area contributed by atoms with Crippen LogP contribution in [0.15, 0.2) is 72.8 Å². The molecule has 0 saturated heterocycles. The van der Waals surface area contributed by atoms with Crippen molar-refractivity contribution in [1.82, 2.24) is 0 Å². The number of aromatic carboxylic acids is 2. The summed E-state index contributed by atoms with van der Waals surface area (Å²) >= 11 is 0. The van der Waals surface area contributed by atoms with E-state index in [2.05, 4.69) is 76.2 Å². The van der Waals surface area contributed by atoms with Gasteiger partial charge in [-0.3, -0.25) is 0 Å². The average Bonchev–Trinajstić information content (AvgIpc) is 2.65. The van der Waals surface area contributed by atoms with Crippen LogP contribution in [0, 0.1) is 27.7 Å². The molecular formula is C24H26O4. The van der Waals surface area contributed by atoms with Crippen LogP contribution in [-0.4, -0.2) is 22.2 Å². The fourth-order valence-electron chi connectivity index (χ4n) is 2.25. The number of carboxylic acid groups (broad SMARTS) is 2. The van der Waals surface area contributed by atoms with Gasteiger partial charge in [0.2, 0.25) is 0 Å². The minimum Gasteiger partial charge on any atom is -0.478 e. The topological polar surface area (TPSA) is 74.6 Å². The summed E-state index contributed by atoms with van der Waals surface area (Å²) in [5.74, 6) is -2.25. The van der Waals surface area contributed by atoms with Crippen molar-refractivity contribution in [2.45, 2.75) is 27.7 Å². The predicted molar refractivity (Wildman–Crippen MR) is 112 cm³/mol. The quantitative estimate of drug-likeness (QED) is 0.601. The van der Waals surface area contributed by atoms with Gasteiger partial charge in [-0.2, -0.15) is 0 Å². The summed E-state index contributed by atoms with van der Waals surface area (Å²) in [4.78, 5) is 20.8. The minimum absolute atomic E-state index is 0.0186. The normalized spacial score (nSPS) is 9.29. The molecule has 0 aromatic heterocycles. The second-order valence-corrected chi connectivity index (χ2v) is 6.43. The minimum atomic E-state index is -1.13. The monoisotopic (exact) mass is 378 g/mol. The van der Waals surface area contributed by atoms with Crippen LogP contribution in [0.2, 0.25) is 0 Å². The first-order valence-electron chi connectivity index (χ1n) is 8.83. The molecule has 0 heterocycles. The highest BCUT2D eigenvalue weighted by molar-refractivity contribution is 5.93. The van der Waals surface area contributed by atoms with E-state index in [0.717, 1.165) is 6.07 Å². The van der Waals surface area contributed by atoms with Gasteiger partial charge in [-0.1, -0.05) is 65.7 Å². The Kier molecular flexibility index (Phi) is 9.17. The van der Waals surface area contributed by atoms with E-state index in [9.17, 15) is 9.59 Å². The Labute approximate surface area is 166 Å². The zero-order valence-corrected chi connectivity index (χ0v) is 16.6. The van der Waals surface area contributed by atoms with Crippen molar-refractivity contribution >= 4 is 11.9 Å². The summed E-state index contributed by atoms with van der Waals surface area (Å²) in [5.41, 5.74) is 5.37. The van der Waals surface area contributed by atoms with Crippen molar-refractivity contribution in [3.8, 4) is 0 Å². The number of benzene rings is 3. The molecule has 0 fully saturated rings. The van der Waals surface area contributed by atoms with Gasteiger partial charge < -0.3 is 10.2 Å². The molecule has 0 radical (unpaired) electrons. The maximum atomic E-state index is 10.4. The molecule has 4 heteroatoms. The Morgan fingerprint density at radius 2 is 0.964 bits per heavy atom. The second kappa shape index (κ2) is 11.3. The molecule has 0 aliphatic rings. The number of hydrogen-bond donors (Lipinski definition) is 2. The van der Waals surface area contributed by atoms with Gasteiger partial charge in [-0.15, -0.1) is 0 Å². The molecule has 0 unspecified atom stereocenters. The third-order valence-corrected chi connectivity index (χ3v) is 3.96. The molecule has 3 aromatic carbocycles. The molecule has 0 aliphatic heterocycles. The highest BCUT2D eigenvalue weighted by Crippen LogP contribution is 2.05. The number of rotatable bonds is 2. The second-order valence-electron chi connectivity index (χ2n) is 6.43. The molecule has 0 bridgehead atoms. The molecule has 0 amide bonds. The first-order chi connectivity index (χ1) is 13.2. The summed E-state index contributed by atoms with van der Waals surface area (Å²) in [6.45, 7) is 8.45. The Hall–Kier alpha value is -3.40. The van der Waals surface area contributed by atoms with Crippen LogP contribution in [-0.2, 0) is 0 Å². The lowest BCUT2D eigenvalue weighted by atomic mass is 10.1. The van der Waals surface area contributed by atoms with Crippen molar-refractivity contribution < 1.29 is 19.8 Å². The van der Waals surface area contributed by atoms with Crippen LogP contribution in [0.25, 0.3) is 0 Å². The molecule has 3 rings (SSSR count). The van der Waals surface area contributed by atoms with Gasteiger partial charge in [-0.05, 0) is 57.0 Å². The number of carbonyl (C=O) groups is 2. The number of aryl methyl sites for hydroxylation is 4. The average molecular weight is 378 g/mol. The van der Waals surface area contributed by atoms with Crippen LogP contribution in [0.4, 0.5) is 0 Å². The molecule has 28 heavy (non-hydrogen) atoms. The SMILES string of the molecule is Cc1cccc(C)c1.Cc1ccccc1C.O=C(O)c1cccc(C(=O)O)c1. The van der Waals surface area contributed by atoms with E-state index in [1.165, 1.54) is 40.5 Å². The van der Waals surface area contributed by atoms with Crippen LogP contribution in [0.3, 0.4) is 0 Å². The molecule has 0 aliphatic carbocycles. The number of carboxylic acids is 2. The van der Waals surface area contributed by atoms with Gasteiger partial charge >= 0.3 is 11.9 Å². The van der Waals surface area contributed by atoms with E-state index in [0.29, 0.717) is 0 Å².